The maximum atomic E-state index is 12.0. The van der Waals surface area contributed by atoms with E-state index in [0.29, 0.717) is 13.0 Å². The fourth-order valence-electron chi connectivity index (χ4n) is 2.13. The van der Waals surface area contributed by atoms with Gasteiger partial charge < -0.3 is 15.7 Å². The number of carbonyl (C=O) groups excluding carboxylic acids is 1. The first-order valence-electron chi connectivity index (χ1n) is 6.04. The molecule has 0 spiro atoms. The van der Waals surface area contributed by atoms with Gasteiger partial charge in [-0.15, -0.1) is 0 Å². The standard InChI is InChI=1S/C13H17BrN2O2/c1-8(10-4-2-3-5-11(10)14)16-13(18)12-6-9(17)7-15-12/h2-5,8-9,12,15,17H,6-7H2,1H3,(H,16,18)/t8-,9+,12-/m0/s1. The summed E-state index contributed by atoms with van der Waals surface area (Å²) in [4.78, 5) is 12.0. The van der Waals surface area contributed by atoms with Crippen molar-refractivity contribution in [2.24, 2.45) is 0 Å². The van der Waals surface area contributed by atoms with Crippen LogP contribution in [-0.4, -0.2) is 29.7 Å². The summed E-state index contributed by atoms with van der Waals surface area (Å²) in [5, 5.41) is 15.4. The van der Waals surface area contributed by atoms with Crippen molar-refractivity contribution in [1.29, 1.82) is 0 Å². The van der Waals surface area contributed by atoms with Gasteiger partial charge in [-0.25, -0.2) is 0 Å². The Morgan fingerprint density at radius 1 is 1.56 bits per heavy atom. The smallest absolute Gasteiger partial charge is 0.237 e. The Bertz CT molecular complexity index is 439. The lowest BCUT2D eigenvalue weighted by atomic mass is 10.1. The normalized spacial score (nSPS) is 24.8. The highest BCUT2D eigenvalue weighted by molar-refractivity contribution is 9.10. The van der Waals surface area contributed by atoms with Crippen molar-refractivity contribution in [2.75, 3.05) is 6.54 Å². The summed E-state index contributed by atoms with van der Waals surface area (Å²) in [6.45, 7) is 2.44. The Morgan fingerprint density at radius 3 is 2.89 bits per heavy atom. The number of aliphatic hydroxyl groups is 1. The Kier molecular flexibility index (Phi) is 4.37. The molecule has 18 heavy (non-hydrogen) atoms. The summed E-state index contributed by atoms with van der Waals surface area (Å²) in [7, 11) is 0. The van der Waals surface area contributed by atoms with Crippen LogP contribution >= 0.6 is 15.9 Å². The molecule has 1 aromatic rings. The van der Waals surface area contributed by atoms with E-state index in [-0.39, 0.29) is 18.0 Å². The summed E-state index contributed by atoms with van der Waals surface area (Å²) >= 11 is 3.47. The van der Waals surface area contributed by atoms with Gasteiger partial charge in [-0.05, 0) is 25.0 Å². The molecule has 1 saturated heterocycles. The van der Waals surface area contributed by atoms with Gasteiger partial charge in [0.2, 0.25) is 5.91 Å². The summed E-state index contributed by atoms with van der Waals surface area (Å²) in [5.74, 6) is -0.0604. The number of nitrogens with one attached hydrogen (secondary N) is 2. The quantitative estimate of drug-likeness (QED) is 0.789. The second-order valence-electron chi connectivity index (χ2n) is 4.60. The Hall–Kier alpha value is -0.910. The lowest BCUT2D eigenvalue weighted by Crippen LogP contribution is -2.41. The summed E-state index contributed by atoms with van der Waals surface area (Å²) < 4.78 is 0.984. The number of hydrogen-bond acceptors (Lipinski definition) is 3. The number of carbonyl (C=O) groups is 1. The molecule has 1 aliphatic heterocycles. The Labute approximate surface area is 115 Å². The number of rotatable bonds is 3. The van der Waals surface area contributed by atoms with Crippen molar-refractivity contribution in [1.82, 2.24) is 10.6 Å². The minimum absolute atomic E-state index is 0.0604. The molecule has 0 aromatic heterocycles. The predicted octanol–water partition coefficient (Wildman–Crippen LogP) is 1.35. The van der Waals surface area contributed by atoms with Gasteiger partial charge in [0.15, 0.2) is 0 Å². The SMILES string of the molecule is C[C@H](NC(=O)[C@@H]1C[C@@H](O)CN1)c1ccccc1Br. The van der Waals surface area contributed by atoms with E-state index in [1.165, 1.54) is 0 Å². The molecule has 3 N–H and O–H groups in total. The molecule has 4 nitrogen and oxygen atoms in total. The molecule has 2 rings (SSSR count). The fourth-order valence-corrected chi connectivity index (χ4v) is 2.76. The van der Waals surface area contributed by atoms with Crippen molar-refractivity contribution in [3.63, 3.8) is 0 Å². The minimum atomic E-state index is -0.417. The molecule has 1 heterocycles. The molecular weight excluding hydrogens is 296 g/mol. The molecule has 0 saturated carbocycles. The number of benzene rings is 1. The summed E-state index contributed by atoms with van der Waals surface area (Å²) in [6, 6.07) is 7.47. The number of amides is 1. The first-order valence-corrected chi connectivity index (χ1v) is 6.83. The zero-order valence-corrected chi connectivity index (χ0v) is 11.8. The molecule has 0 aliphatic carbocycles. The molecule has 0 bridgehead atoms. The van der Waals surface area contributed by atoms with Crippen LogP contribution in [-0.2, 0) is 4.79 Å². The Morgan fingerprint density at radius 2 is 2.28 bits per heavy atom. The molecule has 0 radical (unpaired) electrons. The average Bonchev–Trinajstić information content (AvgIpc) is 2.76. The molecule has 1 fully saturated rings. The van der Waals surface area contributed by atoms with E-state index < -0.39 is 6.10 Å². The third-order valence-electron chi connectivity index (χ3n) is 3.15. The van der Waals surface area contributed by atoms with E-state index in [2.05, 4.69) is 26.6 Å². The number of hydrogen-bond donors (Lipinski definition) is 3. The van der Waals surface area contributed by atoms with Crippen molar-refractivity contribution in [2.45, 2.75) is 31.5 Å². The van der Waals surface area contributed by atoms with Crippen molar-refractivity contribution in [3.05, 3.63) is 34.3 Å². The van der Waals surface area contributed by atoms with Crippen LogP contribution in [0.15, 0.2) is 28.7 Å². The lowest BCUT2D eigenvalue weighted by Gasteiger charge is -2.18. The van der Waals surface area contributed by atoms with Crippen LogP contribution in [0.4, 0.5) is 0 Å². The van der Waals surface area contributed by atoms with Gasteiger partial charge in [-0.3, -0.25) is 4.79 Å². The van der Waals surface area contributed by atoms with Crippen LogP contribution in [0.5, 0.6) is 0 Å². The van der Waals surface area contributed by atoms with Crippen molar-refractivity contribution >= 4 is 21.8 Å². The summed E-state index contributed by atoms with van der Waals surface area (Å²) in [5.41, 5.74) is 1.05. The van der Waals surface area contributed by atoms with Crippen LogP contribution in [0.2, 0.25) is 0 Å². The van der Waals surface area contributed by atoms with Crippen LogP contribution < -0.4 is 10.6 Å². The minimum Gasteiger partial charge on any atom is -0.392 e. The molecular formula is C13H17BrN2O2. The van der Waals surface area contributed by atoms with E-state index in [9.17, 15) is 9.90 Å². The van der Waals surface area contributed by atoms with Crippen molar-refractivity contribution in [3.8, 4) is 0 Å². The zero-order valence-electron chi connectivity index (χ0n) is 10.2. The first-order chi connectivity index (χ1) is 8.58. The maximum Gasteiger partial charge on any atom is 0.237 e. The highest BCUT2D eigenvalue weighted by Gasteiger charge is 2.28. The van der Waals surface area contributed by atoms with E-state index in [0.717, 1.165) is 10.0 Å². The van der Waals surface area contributed by atoms with Gasteiger partial charge in [0.05, 0.1) is 18.2 Å². The summed E-state index contributed by atoms with van der Waals surface area (Å²) in [6.07, 6.45) is 0.0636. The number of aliphatic hydroxyl groups excluding tert-OH is 1. The topological polar surface area (TPSA) is 61.4 Å². The molecule has 1 aromatic carbocycles. The molecule has 0 unspecified atom stereocenters. The first kappa shape index (κ1) is 13.5. The molecule has 98 valence electrons. The second kappa shape index (κ2) is 5.82. The van der Waals surface area contributed by atoms with Gasteiger partial charge >= 0.3 is 0 Å². The third-order valence-corrected chi connectivity index (χ3v) is 3.88. The van der Waals surface area contributed by atoms with E-state index in [1.54, 1.807) is 0 Å². The van der Waals surface area contributed by atoms with Gasteiger partial charge in [0, 0.05) is 11.0 Å². The monoisotopic (exact) mass is 312 g/mol. The maximum absolute atomic E-state index is 12.0. The molecule has 1 amide bonds. The number of β-amino-alcohol motifs (C(OH)–C–C–N with tert-alkyl or cyclic N) is 1. The molecule has 5 heteroatoms. The zero-order chi connectivity index (χ0) is 13.1. The van der Waals surface area contributed by atoms with Gasteiger partial charge in [0.25, 0.3) is 0 Å². The molecule has 3 atom stereocenters. The predicted molar refractivity (Wildman–Crippen MR) is 73.1 cm³/mol. The van der Waals surface area contributed by atoms with E-state index in [1.807, 2.05) is 31.2 Å². The van der Waals surface area contributed by atoms with Gasteiger partial charge in [-0.1, -0.05) is 34.1 Å². The highest BCUT2D eigenvalue weighted by atomic mass is 79.9. The fraction of sp³-hybridized carbons (Fsp3) is 0.462. The van der Waals surface area contributed by atoms with Crippen LogP contribution in [0, 0.1) is 0 Å². The van der Waals surface area contributed by atoms with Crippen molar-refractivity contribution < 1.29 is 9.90 Å². The number of halogens is 1. The van der Waals surface area contributed by atoms with Gasteiger partial charge in [0.1, 0.15) is 0 Å². The van der Waals surface area contributed by atoms with E-state index >= 15 is 0 Å². The highest BCUT2D eigenvalue weighted by Crippen LogP contribution is 2.23. The second-order valence-corrected chi connectivity index (χ2v) is 5.46. The van der Waals surface area contributed by atoms with E-state index in [4.69, 9.17) is 0 Å². The third kappa shape index (κ3) is 3.10. The largest absolute Gasteiger partial charge is 0.392 e. The Balaban J connectivity index is 1.97. The van der Waals surface area contributed by atoms with Crippen LogP contribution in [0.1, 0.15) is 24.9 Å². The van der Waals surface area contributed by atoms with Crippen LogP contribution in [0.25, 0.3) is 0 Å². The molecule has 1 aliphatic rings. The lowest BCUT2D eigenvalue weighted by molar-refractivity contribution is -0.123. The van der Waals surface area contributed by atoms with Gasteiger partial charge in [-0.2, -0.15) is 0 Å². The average molecular weight is 313 g/mol. The van der Waals surface area contributed by atoms with Crippen LogP contribution in [0.3, 0.4) is 0 Å².